The van der Waals surface area contributed by atoms with E-state index in [1.807, 2.05) is 30.3 Å². The third-order valence-corrected chi connectivity index (χ3v) is 5.68. The van der Waals surface area contributed by atoms with Gasteiger partial charge >= 0.3 is 0 Å². The minimum absolute atomic E-state index is 0.0687. The number of nitrogens with zero attached hydrogens (tertiary/aromatic N) is 3. The minimum Gasteiger partial charge on any atom is -0.355 e. The fourth-order valence-electron chi connectivity index (χ4n) is 4.07. The number of imidazole rings is 1. The molecule has 2 heterocycles. The summed E-state index contributed by atoms with van der Waals surface area (Å²) in [5, 5.41) is 3.13. The first-order chi connectivity index (χ1) is 13.7. The maximum absolute atomic E-state index is 12.6. The van der Waals surface area contributed by atoms with E-state index in [1.54, 1.807) is 0 Å². The number of likely N-dealkylation sites (tertiary alicyclic amines) is 1. The van der Waals surface area contributed by atoms with E-state index >= 15 is 0 Å². The maximum Gasteiger partial charge on any atom is 0.224 e. The highest BCUT2D eigenvalue weighted by Crippen LogP contribution is 2.20. The molecule has 1 aliphatic rings. The highest BCUT2D eigenvalue weighted by atomic mass is 16.1. The molecule has 3 aromatic rings. The van der Waals surface area contributed by atoms with Crippen LogP contribution in [0.15, 0.2) is 54.6 Å². The van der Waals surface area contributed by atoms with Crippen molar-refractivity contribution in [2.45, 2.75) is 25.8 Å². The lowest BCUT2D eigenvalue weighted by Gasteiger charge is -2.31. The van der Waals surface area contributed by atoms with E-state index in [2.05, 4.69) is 46.1 Å². The third kappa shape index (κ3) is 4.25. The number of carbonyl (C=O) groups is 1. The monoisotopic (exact) mass is 376 g/mol. The number of para-hydroxylation sites is 2. The van der Waals surface area contributed by atoms with Gasteiger partial charge in [-0.1, -0.05) is 42.5 Å². The third-order valence-electron chi connectivity index (χ3n) is 5.68. The lowest BCUT2D eigenvalue weighted by atomic mass is 9.97. The van der Waals surface area contributed by atoms with Gasteiger partial charge in [0.15, 0.2) is 0 Å². The molecule has 1 saturated heterocycles. The molecule has 0 bridgehead atoms. The van der Waals surface area contributed by atoms with E-state index in [9.17, 15) is 4.79 Å². The molecule has 4 rings (SSSR count). The molecule has 1 atom stereocenters. The van der Waals surface area contributed by atoms with Crippen molar-refractivity contribution in [1.82, 2.24) is 19.8 Å². The highest BCUT2D eigenvalue weighted by Gasteiger charge is 2.26. The Kier molecular flexibility index (Phi) is 5.72. The highest BCUT2D eigenvalue weighted by molar-refractivity contribution is 5.79. The Morgan fingerprint density at radius 1 is 1.14 bits per heavy atom. The summed E-state index contributed by atoms with van der Waals surface area (Å²) in [6.45, 7) is 3.32. The molecule has 28 heavy (non-hydrogen) atoms. The van der Waals surface area contributed by atoms with Crippen LogP contribution in [-0.2, 0) is 24.8 Å². The van der Waals surface area contributed by atoms with Crippen molar-refractivity contribution in [3.05, 3.63) is 66.0 Å². The SMILES string of the molecule is Cn1c(CN2CCC[C@H](C(=O)NCCc3ccccc3)C2)nc2ccccc21. The Labute approximate surface area is 166 Å². The number of fused-ring (bicyclic) bond motifs is 1. The largest absolute Gasteiger partial charge is 0.355 e. The van der Waals surface area contributed by atoms with E-state index < -0.39 is 0 Å². The zero-order valence-electron chi connectivity index (χ0n) is 16.5. The van der Waals surface area contributed by atoms with Crippen LogP contribution in [0.1, 0.15) is 24.2 Å². The number of rotatable bonds is 6. The van der Waals surface area contributed by atoms with Gasteiger partial charge in [0, 0.05) is 20.1 Å². The predicted octanol–water partition coefficient (Wildman–Crippen LogP) is 3.14. The van der Waals surface area contributed by atoms with Crippen molar-refractivity contribution in [2.75, 3.05) is 19.6 Å². The predicted molar refractivity (Wildman–Crippen MR) is 112 cm³/mol. The van der Waals surface area contributed by atoms with Crippen LogP contribution >= 0.6 is 0 Å². The number of aryl methyl sites for hydroxylation is 1. The first-order valence-corrected chi connectivity index (χ1v) is 10.1. The minimum atomic E-state index is 0.0687. The molecular weight excluding hydrogens is 348 g/mol. The summed E-state index contributed by atoms with van der Waals surface area (Å²) in [6.07, 6.45) is 2.90. The zero-order valence-corrected chi connectivity index (χ0v) is 16.5. The number of hydrogen-bond acceptors (Lipinski definition) is 3. The second kappa shape index (κ2) is 8.57. The van der Waals surface area contributed by atoms with Crippen LogP contribution in [0, 0.1) is 5.92 Å². The van der Waals surface area contributed by atoms with Crippen LogP contribution in [0.25, 0.3) is 11.0 Å². The second-order valence-electron chi connectivity index (χ2n) is 7.68. The quantitative estimate of drug-likeness (QED) is 0.719. The fourth-order valence-corrected chi connectivity index (χ4v) is 4.07. The fraction of sp³-hybridized carbons (Fsp3) is 0.391. The lowest BCUT2D eigenvalue weighted by Crippen LogP contribution is -2.43. The Bertz CT molecular complexity index is 934. The van der Waals surface area contributed by atoms with Gasteiger partial charge in [-0.15, -0.1) is 0 Å². The molecule has 146 valence electrons. The molecule has 1 N–H and O–H groups in total. The van der Waals surface area contributed by atoms with E-state index in [4.69, 9.17) is 4.98 Å². The van der Waals surface area contributed by atoms with Crippen molar-refractivity contribution in [2.24, 2.45) is 13.0 Å². The van der Waals surface area contributed by atoms with Crippen LogP contribution in [0.2, 0.25) is 0 Å². The van der Waals surface area contributed by atoms with Gasteiger partial charge in [0.1, 0.15) is 5.82 Å². The summed E-state index contributed by atoms with van der Waals surface area (Å²) in [7, 11) is 2.07. The summed E-state index contributed by atoms with van der Waals surface area (Å²) in [5.74, 6) is 1.32. The van der Waals surface area contributed by atoms with Crippen molar-refractivity contribution in [3.8, 4) is 0 Å². The van der Waals surface area contributed by atoms with Crippen LogP contribution in [0.3, 0.4) is 0 Å². The summed E-state index contributed by atoms with van der Waals surface area (Å²) < 4.78 is 2.17. The lowest BCUT2D eigenvalue weighted by molar-refractivity contribution is -0.126. The van der Waals surface area contributed by atoms with E-state index in [0.29, 0.717) is 6.54 Å². The summed E-state index contributed by atoms with van der Waals surface area (Å²) >= 11 is 0. The standard InChI is InChI=1S/C23H28N4O/c1-26-21-12-6-5-11-20(21)25-22(26)17-27-15-7-10-19(16-27)23(28)24-14-13-18-8-3-2-4-9-18/h2-6,8-9,11-12,19H,7,10,13-17H2,1H3,(H,24,28)/t19-/m0/s1. The number of nitrogens with one attached hydrogen (secondary N) is 1. The molecule has 1 fully saturated rings. The van der Waals surface area contributed by atoms with Gasteiger partial charge in [-0.05, 0) is 43.5 Å². The van der Waals surface area contributed by atoms with E-state index in [0.717, 1.165) is 55.8 Å². The molecule has 1 aliphatic heterocycles. The normalized spacial score (nSPS) is 17.7. The first kappa shape index (κ1) is 18.7. The first-order valence-electron chi connectivity index (χ1n) is 10.1. The summed E-state index contributed by atoms with van der Waals surface area (Å²) in [6, 6.07) is 18.5. The van der Waals surface area contributed by atoms with E-state index in [-0.39, 0.29) is 11.8 Å². The zero-order chi connectivity index (χ0) is 19.3. The average Bonchev–Trinajstić information content (AvgIpc) is 3.04. The molecule has 0 spiro atoms. The van der Waals surface area contributed by atoms with E-state index in [1.165, 1.54) is 5.56 Å². The van der Waals surface area contributed by atoms with Crippen LogP contribution < -0.4 is 5.32 Å². The van der Waals surface area contributed by atoms with Crippen molar-refractivity contribution in [1.29, 1.82) is 0 Å². The van der Waals surface area contributed by atoms with Crippen LogP contribution in [0.5, 0.6) is 0 Å². The maximum atomic E-state index is 12.6. The van der Waals surface area contributed by atoms with Gasteiger partial charge in [0.05, 0.1) is 23.5 Å². The van der Waals surface area contributed by atoms with Gasteiger partial charge in [0.25, 0.3) is 0 Å². The van der Waals surface area contributed by atoms with Gasteiger partial charge in [-0.25, -0.2) is 4.98 Å². The molecule has 1 amide bonds. The van der Waals surface area contributed by atoms with Gasteiger partial charge in [-0.2, -0.15) is 0 Å². The molecule has 1 aromatic heterocycles. The molecular formula is C23H28N4O. The van der Waals surface area contributed by atoms with Crippen LogP contribution in [0.4, 0.5) is 0 Å². The van der Waals surface area contributed by atoms with Crippen LogP contribution in [-0.4, -0.2) is 40.0 Å². The molecule has 5 nitrogen and oxygen atoms in total. The number of benzene rings is 2. The average molecular weight is 377 g/mol. The summed E-state index contributed by atoms with van der Waals surface area (Å²) in [4.78, 5) is 19.8. The Hall–Kier alpha value is -2.66. The molecule has 0 aliphatic carbocycles. The van der Waals surface area contributed by atoms with Gasteiger partial charge < -0.3 is 9.88 Å². The molecule has 0 radical (unpaired) electrons. The van der Waals surface area contributed by atoms with Gasteiger partial charge in [-0.3, -0.25) is 9.69 Å². The second-order valence-corrected chi connectivity index (χ2v) is 7.68. The molecule has 5 heteroatoms. The molecule has 2 aromatic carbocycles. The number of aromatic nitrogens is 2. The van der Waals surface area contributed by atoms with Crippen molar-refractivity contribution in [3.63, 3.8) is 0 Å². The smallest absolute Gasteiger partial charge is 0.224 e. The molecule has 0 saturated carbocycles. The Morgan fingerprint density at radius 3 is 2.75 bits per heavy atom. The topological polar surface area (TPSA) is 50.2 Å². The number of carbonyl (C=O) groups excluding carboxylic acids is 1. The van der Waals surface area contributed by atoms with Crippen molar-refractivity contribution < 1.29 is 4.79 Å². The Morgan fingerprint density at radius 2 is 1.93 bits per heavy atom. The number of hydrogen-bond donors (Lipinski definition) is 1. The van der Waals surface area contributed by atoms with Crippen molar-refractivity contribution >= 4 is 16.9 Å². The summed E-state index contributed by atoms with van der Waals surface area (Å²) in [5.41, 5.74) is 3.45. The number of piperidine rings is 1. The molecule has 0 unspecified atom stereocenters. The van der Waals surface area contributed by atoms with Gasteiger partial charge in [0.2, 0.25) is 5.91 Å². The Balaban J connectivity index is 1.32. The number of amides is 1.